The second kappa shape index (κ2) is 9.29. The van der Waals surface area contributed by atoms with E-state index in [1.165, 1.54) is 18.9 Å². The van der Waals surface area contributed by atoms with Gasteiger partial charge >= 0.3 is 5.97 Å². The molecule has 1 aromatic heterocycles. The summed E-state index contributed by atoms with van der Waals surface area (Å²) in [4.78, 5) is 37.6. The molecule has 0 bridgehead atoms. The molecule has 0 aliphatic heterocycles. The van der Waals surface area contributed by atoms with Gasteiger partial charge in [-0.2, -0.15) is 5.10 Å². The molecule has 1 heterocycles. The summed E-state index contributed by atoms with van der Waals surface area (Å²) in [5, 5.41) is 7.51. The first-order chi connectivity index (χ1) is 14.8. The van der Waals surface area contributed by atoms with Gasteiger partial charge in [0, 0.05) is 11.5 Å². The smallest absolute Gasteiger partial charge is 0.359 e. The monoisotopic (exact) mass is 425 g/mol. The van der Waals surface area contributed by atoms with Crippen molar-refractivity contribution in [3.63, 3.8) is 0 Å². The van der Waals surface area contributed by atoms with Crippen molar-refractivity contribution < 1.29 is 23.8 Å². The number of methoxy groups -OCH3 is 2. The Hall–Kier alpha value is -3.88. The Morgan fingerprint density at radius 3 is 2.42 bits per heavy atom. The van der Waals surface area contributed by atoms with Gasteiger partial charge in [-0.1, -0.05) is 18.2 Å². The minimum absolute atomic E-state index is 0.0318. The lowest BCUT2D eigenvalue weighted by atomic mass is 10.1. The Bertz CT molecular complexity index is 1190. The second-order valence-electron chi connectivity index (χ2n) is 6.93. The number of fused-ring (bicyclic) bond motifs is 1. The number of hydrogen-bond acceptors (Lipinski definition) is 7. The molecule has 0 spiro atoms. The summed E-state index contributed by atoms with van der Waals surface area (Å²) in [6.07, 6.45) is 0. The van der Waals surface area contributed by atoms with Gasteiger partial charge in [0.25, 0.3) is 11.5 Å². The minimum Gasteiger partial charge on any atom is -0.497 e. The van der Waals surface area contributed by atoms with Crippen molar-refractivity contribution in [1.29, 1.82) is 0 Å². The van der Waals surface area contributed by atoms with Crippen molar-refractivity contribution in [2.45, 2.75) is 19.9 Å². The van der Waals surface area contributed by atoms with Crippen molar-refractivity contribution in [3.8, 4) is 11.5 Å². The number of anilines is 1. The van der Waals surface area contributed by atoms with Crippen LogP contribution in [0.5, 0.6) is 11.5 Å². The molecular weight excluding hydrogens is 402 g/mol. The molecule has 0 aliphatic rings. The highest BCUT2D eigenvalue weighted by atomic mass is 16.5. The third-order valence-electron chi connectivity index (χ3n) is 4.53. The van der Waals surface area contributed by atoms with Crippen LogP contribution in [0.1, 0.15) is 30.4 Å². The fourth-order valence-electron chi connectivity index (χ4n) is 3.00. The normalized spacial score (nSPS) is 10.7. The maximum Gasteiger partial charge on any atom is 0.359 e. The fourth-order valence-corrected chi connectivity index (χ4v) is 3.00. The number of nitrogens with one attached hydrogen (secondary N) is 1. The number of ether oxygens (including phenoxy) is 3. The molecule has 0 fully saturated rings. The lowest BCUT2D eigenvalue weighted by molar-refractivity contribution is -0.119. The van der Waals surface area contributed by atoms with E-state index < -0.39 is 18.5 Å². The van der Waals surface area contributed by atoms with Gasteiger partial charge in [-0.25, -0.2) is 9.48 Å². The van der Waals surface area contributed by atoms with Gasteiger partial charge in [0.05, 0.1) is 31.3 Å². The molecule has 9 nitrogen and oxygen atoms in total. The number of nitrogens with zero attached hydrogens (tertiary/aromatic N) is 2. The first-order valence-electron chi connectivity index (χ1n) is 9.56. The lowest BCUT2D eigenvalue weighted by Crippen LogP contribution is -2.28. The fraction of sp³-hybridized carbons (Fsp3) is 0.273. The number of carbonyl (C=O) groups is 2. The number of rotatable bonds is 7. The molecule has 0 unspecified atom stereocenters. The Kier molecular flexibility index (Phi) is 6.54. The van der Waals surface area contributed by atoms with Crippen molar-refractivity contribution >= 4 is 28.3 Å². The van der Waals surface area contributed by atoms with Gasteiger partial charge in [-0.3, -0.25) is 9.59 Å². The largest absolute Gasteiger partial charge is 0.497 e. The van der Waals surface area contributed by atoms with Gasteiger partial charge in [0.1, 0.15) is 11.5 Å². The van der Waals surface area contributed by atoms with E-state index in [2.05, 4.69) is 10.4 Å². The molecule has 3 rings (SSSR count). The number of esters is 1. The molecule has 9 heteroatoms. The van der Waals surface area contributed by atoms with Crippen LogP contribution in [0, 0.1) is 0 Å². The second-order valence-corrected chi connectivity index (χ2v) is 6.93. The minimum atomic E-state index is -0.807. The molecule has 0 saturated carbocycles. The van der Waals surface area contributed by atoms with Gasteiger partial charge in [0.2, 0.25) is 0 Å². The lowest BCUT2D eigenvalue weighted by Gasteiger charge is -2.14. The summed E-state index contributed by atoms with van der Waals surface area (Å²) >= 11 is 0. The highest BCUT2D eigenvalue weighted by Crippen LogP contribution is 2.28. The van der Waals surface area contributed by atoms with Crippen LogP contribution >= 0.6 is 0 Å². The van der Waals surface area contributed by atoms with E-state index in [9.17, 15) is 14.4 Å². The third kappa shape index (κ3) is 4.66. The zero-order chi connectivity index (χ0) is 22.5. The SMILES string of the molecule is COc1ccc(OC)c(NC(=O)COC(=O)c2nn(C(C)C)c(=O)c3ccccc23)c1. The molecular formula is C22H23N3O6. The average molecular weight is 425 g/mol. The van der Waals surface area contributed by atoms with Crippen molar-refractivity contribution in [3.05, 3.63) is 58.5 Å². The molecule has 1 amide bonds. The van der Waals surface area contributed by atoms with Crippen LogP contribution in [-0.2, 0) is 9.53 Å². The molecule has 0 aliphatic carbocycles. The van der Waals surface area contributed by atoms with Crippen molar-refractivity contribution in [1.82, 2.24) is 9.78 Å². The van der Waals surface area contributed by atoms with Gasteiger partial charge in [-0.05, 0) is 32.0 Å². The Labute approximate surface area is 178 Å². The number of carbonyl (C=O) groups excluding carboxylic acids is 2. The summed E-state index contributed by atoms with van der Waals surface area (Å²) in [6.45, 7) is 3.02. The zero-order valence-corrected chi connectivity index (χ0v) is 17.7. The summed E-state index contributed by atoms with van der Waals surface area (Å²) in [5.74, 6) is -0.420. The number of aromatic nitrogens is 2. The summed E-state index contributed by atoms with van der Waals surface area (Å²) in [5.41, 5.74) is 0.0421. The van der Waals surface area contributed by atoms with E-state index >= 15 is 0 Å². The van der Waals surface area contributed by atoms with Crippen LogP contribution in [0.2, 0.25) is 0 Å². The van der Waals surface area contributed by atoms with E-state index in [-0.39, 0.29) is 17.3 Å². The van der Waals surface area contributed by atoms with E-state index in [0.29, 0.717) is 28.0 Å². The molecule has 0 radical (unpaired) electrons. The van der Waals surface area contributed by atoms with E-state index in [0.717, 1.165) is 0 Å². The van der Waals surface area contributed by atoms with Crippen molar-refractivity contribution in [2.75, 3.05) is 26.1 Å². The Balaban J connectivity index is 1.80. The van der Waals surface area contributed by atoms with E-state index in [4.69, 9.17) is 14.2 Å². The highest BCUT2D eigenvalue weighted by molar-refractivity contribution is 6.03. The van der Waals surface area contributed by atoms with Crippen molar-refractivity contribution in [2.24, 2.45) is 0 Å². The van der Waals surface area contributed by atoms with Crippen LogP contribution in [0.3, 0.4) is 0 Å². The predicted molar refractivity (Wildman–Crippen MR) is 115 cm³/mol. The molecule has 3 aromatic rings. The quantitative estimate of drug-likeness (QED) is 0.580. The molecule has 1 N–H and O–H groups in total. The molecule has 0 atom stereocenters. The molecule has 0 saturated heterocycles. The van der Waals surface area contributed by atoms with Gasteiger partial charge < -0.3 is 19.5 Å². The average Bonchev–Trinajstić information content (AvgIpc) is 2.77. The maximum absolute atomic E-state index is 12.7. The van der Waals surface area contributed by atoms with E-state index in [1.807, 2.05) is 0 Å². The maximum atomic E-state index is 12.7. The predicted octanol–water partition coefficient (Wildman–Crippen LogP) is 2.79. The summed E-state index contributed by atoms with van der Waals surface area (Å²) in [7, 11) is 2.97. The summed E-state index contributed by atoms with van der Waals surface area (Å²) < 4.78 is 16.8. The molecule has 162 valence electrons. The molecule has 2 aromatic carbocycles. The number of benzene rings is 2. The van der Waals surface area contributed by atoms with Crippen LogP contribution in [0.15, 0.2) is 47.3 Å². The number of hydrogen-bond donors (Lipinski definition) is 1. The highest BCUT2D eigenvalue weighted by Gasteiger charge is 2.20. The van der Waals surface area contributed by atoms with Crippen LogP contribution < -0.4 is 20.3 Å². The van der Waals surface area contributed by atoms with Gasteiger partial charge in [0.15, 0.2) is 12.3 Å². The zero-order valence-electron chi connectivity index (χ0n) is 17.7. The Morgan fingerprint density at radius 2 is 1.77 bits per heavy atom. The van der Waals surface area contributed by atoms with Crippen LogP contribution in [0.25, 0.3) is 10.8 Å². The van der Waals surface area contributed by atoms with Gasteiger partial charge in [-0.15, -0.1) is 0 Å². The summed E-state index contributed by atoms with van der Waals surface area (Å²) in [6, 6.07) is 11.3. The van der Waals surface area contributed by atoms with E-state index in [1.54, 1.807) is 56.3 Å². The first-order valence-corrected chi connectivity index (χ1v) is 9.56. The van der Waals surface area contributed by atoms with Crippen LogP contribution in [0.4, 0.5) is 5.69 Å². The standard InChI is InChI=1S/C22H23N3O6/c1-13(2)25-21(27)16-8-6-5-7-15(16)20(24-25)22(28)31-12-19(26)23-17-11-14(29-3)9-10-18(17)30-4/h5-11,13H,12H2,1-4H3,(H,23,26). The third-order valence-corrected chi connectivity index (χ3v) is 4.53. The topological polar surface area (TPSA) is 109 Å². The first kappa shape index (κ1) is 21.8. The Morgan fingerprint density at radius 1 is 1.06 bits per heavy atom. The molecule has 31 heavy (non-hydrogen) atoms. The van der Waals surface area contributed by atoms with Crippen LogP contribution in [-0.4, -0.2) is 42.5 Å². The number of amides is 1.